The van der Waals surface area contributed by atoms with Crippen molar-refractivity contribution >= 4 is 17.6 Å². The molecule has 0 radical (unpaired) electrons. The van der Waals surface area contributed by atoms with Crippen LogP contribution >= 0.6 is 0 Å². The van der Waals surface area contributed by atoms with E-state index in [0.717, 1.165) is 19.2 Å². The molecule has 0 saturated heterocycles. The zero-order chi connectivity index (χ0) is 27.1. The Morgan fingerprint density at radius 3 is 2.50 bits per heavy atom. The lowest BCUT2D eigenvalue weighted by Gasteiger charge is -2.36. The second-order valence-corrected chi connectivity index (χ2v) is 7.90. The van der Waals surface area contributed by atoms with Gasteiger partial charge in [0.1, 0.15) is 5.69 Å². The van der Waals surface area contributed by atoms with Gasteiger partial charge in [0, 0.05) is 23.7 Å². The lowest BCUT2D eigenvalue weighted by Crippen LogP contribution is -2.46. The van der Waals surface area contributed by atoms with Gasteiger partial charge in [-0.3, -0.25) is 4.79 Å². The first-order chi connectivity index (χ1) is 16.5. The summed E-state index contributed by atoms with van der Waals surface area (Å²) in [4.78, 5) is 23.7. The van der Waals surface area contributed by atoms with Crippen molar-refractivity contribution in [2.75, 3.05) is 11.9 Å². The molecular weight excluding hydrogens is 510 g/mol. The summed E-state index contributed by atoms with van der Waals surface area (Å²) in [5.74, 6) is -4.56. The summed E-state index contributed by atoms with van der Waals surface area (Å²) in [7, 11) is 0. The van der Waals surface area contributed by atoms with E-state index in [2.05, 4.69) is 29.8 Å². The predicted octanol–water partition coefficient (Wildman–Crippen LogP) is 4.14. The fourth-order valence-electron chi connectivity index (χ4n) is 3.37. The van der Waals surface area contributed by atoms with Crippen LogP contribution in [-0.4, -0.2) is 47.0 Å². The number of alkyl halides is 6. The predicted molar refractivity (Wildman–Crippen MR) is 107 cm³/mol. The number of nitrogens with two attached hydrogens (primary N) is 1. The maximum absolute atomic E-state index is 14.7. The molecule has 1 aliphatic heterocycles. The van der Waals surface area contributed by atoms with Crippen LogP contribution in [0.25, 0.3) is 0 Å². The topological polar surface area (TPSA) is 112 Å². The van der Waals surface area contributed by atoms with Crippen molar-refractivity contribution in [3.05, 3.63) is 46.9 Å². The molecule has 2 heterocycles. The third kappa shape index (κ3) is 6.09. The molecule has 1 aromatic heterocycles. The molecule has 3 rings (SSSR count). The van der Waals surface area contributed by atoms with E-state index >= 15 is 0 Å². The van der Waals surface area contributed by atoms with Gasteiger partial charge in [0.15, 0.2) is 24.3 Å². The second kappa shape index (κ2) is 9.39. The van der Waals surface area contributed by atoms with Gasteiger partial charge in [-0.25, -0.2) is 23.7 Å². The lowest BCUT2D eigenvalue weighted by molar-refractivity contribution is -0.208. The summed E-state index contributed by atoms with van der Waals surface area (Å²) in [5.41, 5.74) is 1.77. The number of amidine groups is 1. The van der Waals surface area contributed by atoms with Crippen LogP contribution in [0.1, 0.15) is 35.1 Å². The third-order valence-electron chi connectivity index (χ3n) is 4.96. The number of aryl methyl sites for hydroxylation is 1. The summed E-state index contributed by atoms with van der Waals surface area (Å²) >= 11 is 0. The van der Waals surface area contributed by atoms with E-state index in [-0.39, 0.29) is 11.4 Å². The number of anilines is 1. The average molecular weight is 527 g/mol. The minimum Gasteiger partial charge on any atom is -0.467 e. The molecule has 2 unspecified atom stereocenters. The molecular formula is C20H17F8N5O3. The van der Waals surface area contributed by atoms with Crippen LogP contribution in [0.15, 0.2) is 23.3 Å². The zero-order valence-corrected chi connectivity index (χ0v) is 18.4. The van der Waals surface area contributed by atoms with Crippen LogP contribution in [0, 0.1) is 18.6 Å². The summed E-state index contributed by atoms with van der Waals surface area (Å²) in [6, 6.07) is 0.547. The van der Waals surface area contributed by atoms with E-state index in [1.54, 1.807) is 0 Å². The van der Waals surface area contributed by atoms with Crippen LogP contribution in [0.5, 0.6) is 5.88 Å². The van der Waals surface area contributed by atoms with Crippen molar-refractivity contribution in [2.45, 2.75) is 44.3 Å². The monoisotopic (exact) mass is 527 g/mol. The number of nitrogens with zero attached hydrogens (tertiary/aromatic N) is 3. The normalized spacial score (nSPS) is 20.4. The van der Waals surface area contributed by atoms with Gasteiger partial charge in [-0.05, 0) is 19.9 Å². The largest absolute Gasteiger partial charge is 0.467 e. The Morgan fingerprint density at radius 2 is 1.92 bits per heavy atom. The molecule has 16 heteroatoms. The average Bonchev–Trinajstić information content (AvgIpc) is 2.72. The molecule has 1 amide bonds. The van der Waals surface area contributed by atoms with Gasteiger partial charge in [0.2, 0.25) is 5.88 Å². The second-order valence-electron chi connectivity index (χ2n) is 7.90. The fourth-order valence-corrected chi connectivity index (χ4v) is 3.37. The van der Waals surface area contributed by atoms with Gasteiger partial charge in [-0.15, -0.1) is 0 Å². The zero-order valence-electron chi connectivity index (χ0n) is 18.4. The highest BCUT2D eigenvalue weighted by atomic mass is 19.4. The van der Waals surface area contributed by atoms with Crippen molar-refractivity contribution < 1.29 is 49.4 Å². The van der Waals surface area contributed by atoms with Crippen molar-refractivity contribution in [1.29, 1.82) is 0 Å². The Hall–Kier alpha value is -3.72. The number of benzene rings is 1. The quantitative estimate of drug-likeness (QED) is 0.566. The van der Waals surface area contributed by atoms with Gasteiger partial charge in [-0.1, -0.05) is 0 Å². The number of carbonyl (C=O) groups excluding carboxylic acids is 1. The Morgan fingerprint density at radius 1 is 1.25 bits per heavy atom. The Labute approximate surface area is 197 Å². The number of amides is 1. The van der Waals surface area contributed by atoms with Crippen LogP contribution in [0.3, 0.4) is 0 Å². The number of rotatable bonds is 5. The van der Waals surface area contributed by atoms with Crippen LogP contribution in [0.2, 0.25) is 0 Å². The maximum Gasteiger partial charge on any atom is 0.425 e. The van der Waals surface area contributed by atoms with E-state index in [1.165, 1.54) is 6.92 Å². The molecule has 1 aromatic carbocycles. The highest BCUT2D eigenvalue weighted by Crippen LogP contribution is 2.42. The molecule has 0 saturated carbocycles. The van der Waals surface area contributed by atoms with E-state index < -0.39 is 77.7 Å². The van der Waals surface area contributed by atoms with Gasteiger partial charge >= 0.3 is 12.4 Å². The minimum atomic E-state index is -4.88. The summed E-state index contributed by atoms with van der Waals surface area (Å²) in [5, 5.41) is 2.19. The molecule has 2 aromatic rings. The molecule has 2 atom stereocenters. The number of aliphatic imine (C=N–C) groups is 1. The number of aromatic nitrogens is 2. The van der Waals surface area contributed by atoms with E-state index in [1.807, 2.05) is 0 Å². The number of hydrogen-bond donors (Lipinski definition) is 2. The Kier molecular flexibility index (Phi) is 7.01. The van der Waals surface area contributed by atoms with E-state index in [9.17, 15) is 39.9 Å². The summed E-state index contributed by atoms with van der Waals surface area (Å²) in [6.45, 7) is 0.674. The SMILES string of the molecule is Cc1nc(OCC(F)(F)F)cnc1C(=O)Nc1cc(F)c(F)c(C2(C)CC(C(F)(F)F)OC(N)=N2)c1. The smallest absolute Gasteiger partial charge is 0.425 e. The van der Waals surface area contributed by atoms with Crippen molar-refractivity contribution in [3.63, 3.8) is 0 Å². The van der Waals surface area contributed by atoms with Crippen molar-refractivity contribution in [1.82, 2.24) is 9.97 Å². The highest BCUT2D eigenvalue weighted by Gasteiger charge is 2.50. The molecule has 0 bridgehead atoms. The number of hydrogen-bond acceptors (Lipinski definition) is 7. The van der Waals surface area contributed by atoms with Gasteiger partial charge in [0.25, 0.3) is 11.9 Å². The van der Waals surface area contributed by atoms with E-state index in [4.69, 9.17) is 5.73 Å². The van der Waals surface area contributed by atoms with Crippen LogP contribution in [0.4, 0.5) is 40.8 Å². The number of carbonyl (C=O) groups is 1. The molecule has 196 valence electrons. The van der Waals surface area contributed by atoms with Crippen molar-refractivity contribution in [2.24, 2.45) is 10.7 Å². The van der Waals surface area contributed by atoms with Crippen LogP contribution < -0.4 is 15.8 Å². The molecule has 1 aliphatic rings. The van der Waals surface area contributed by atoms with Gasteiger partial charge in [0.05, 0.1) is 17.4 Å². The van der Waals surface area contributed by atoms with Gasteiger partial charge < -0.3 is 20.5 Å². The number of nitrogens with one attached hydrogen (secondary N) is 1. The molecule has 8 nitrogen and oxygen atoms in total. The highest BCUT2D eigenvalue weighted by molar-refractivity contribution is 6.03. The Bertz CT molecular complexity index is 1200. The standard InChI is InChI=1S/C20H17F8N5O3/c1-8-15(30-6-13(31-8)35-7-19(23,24)25)16(34)32-9-3-10(14(22)11(21)4-9)18(2)5-12(20(26,27)28)36-17(29)33-18/h3-4,6,12H,5,7H2,1-2H3,(H2,29,33)(H,32,34). The molecule has 36 heavy (non-hydrogen) atoms. The molecule has 0 aliphatic carbocycles. The number of halogens is 8. The molecule has 0 spiro atoms. The van der Waals surface area contributed by atoms with Crippen molar-refractivity contribution in [3.8, 4) is 5.88 Å². The molecule has 0 fully saturated rings. The summed E-state index contributed by atoms with van der Waals surface area (Å²) in [6.07, 6.45) is -12.1. The van der Waals surface area contributed by atoms with Crippen LogP contribution in [-0.2, 0) is 10.3 Å². The first kappa shape index (κ1) is 26.9. The first-order valence-electron chi connectivity index (χ1n) is 9.91. The lowest BCUT2D eigenvalue weighted by atomic mass is 9.85. The third-order valence-corrected chi connectivity index (χ3v) is 4.96. The maximum atomic E-state index is 14.7. The number of ether oxygens (including phenoxy) is 2. The fraction of sp³-hybridized carbons (Fsp3) is 0.400. The Balaban J connectivity index is 1.88. The van der Waals surface area contributed by atoms with E-state index in [0.29, 0.717) is 6.07 Å². The minimum absolute atomic E-state index is 0.156. The molecule has 3 N–H and O–H groups in total. The summed E-state index contributed by atoms with van der Waals surface area (Å²) < 4.78 is 114. The first-order valence-corrected chi connectivity index (χ1v) is 9.91. The van der Waals surface area contributed by atoms with Gasteiger partial charge in [-0.2, -0.15) is 26.3 Å².